The van der Waals surface area contributed by atoms with E-state index < -0.39 is 18.5 Å². The molecule has 0 N–H and O–H groups in total. The van der Waals surface area contributed by atoms with Crippen molar-refractivity contribution in [2.24, 2.45) is 0 Å². The number of hydrogen-bond acceptors (Lipinski definition) is 7. The van der Waals surface area contributed by atoms with Crippen LogP contribution in [0.1, 0.15) is 6.92 Å². The predicted octanol–water partition coefficient (Wildman–Crippen LogP) is -0.0342. The monoisotopic (exact) mass is 278 g/mol. The third-order valence-electron chi connectivity index (χ3n) is 3.10. The molecule has 19 heavy (non-hydrogen) atoms. The van der Waals surface area contributed by atoms with Crippen LogP contribution in [0, 0.1) is 0 Å². The van der Waals surface area contributed by atoms with Crippen LogP contribution in [0.2, 0.25) is 0 Å². The van der Waals surface area contributed by atoms with Gasteiger partial charge in [0, 0.05) is 35.4 Å². The summed E-state index contributed by atoms with van der Waals surface area (Å²) in [6.45, 7) is 1.43. The zero-order chi connectivity index (χ0) is 14.4. The molecule has 1 fully saturated rings. The molecular formula is C12H22O7. The molecule has 0 amide bonds. The second kappa shape index (κ2) is 7.76. The van der Waals surface area contributed by atoms with Crippen molar-refractivity contribution in [2.75, 3.05) is 35.0 Å². The first-order valence-corrected chi connectivity index (χ1v) is 5.99. The van der Waals surface area contributed by atoms with Crippen LogP contribution in [-0.2, 0) is 33.2 Å². The third kappa shape index (κ3) is 3.87. The van der Waals surface area contributed by atoms with Crippen molar-refractivity contribution >= 4 is 5.97 Å². The Labute approximate surface area is 113 Å². The van der Waals surface area contributed by atoms with Crippen molar-refractivity contribution in [3.05, 3.63) is 0 Å². The third-order valence-corrected chi connectivity index (χ3v) is 3.10. The number of methoxy groups -OCH3 is 4. The summed E-state index contributed by atoms with van der Waals surface area (Å²) in [5.74, 6) is -0.374. The van der Waals surface area contributed by atoms with Crippen LogP contribution < -0.4 is 0 Å². The van der Waals surface area contributed by atoms with E-state index in [9.17, 15) is 4.79 Å². The van der Waals surface area contributed by atoms with E-state index >= 15 is 0 Å². The van der Waals surface area contributed by atoms with E-state index in [1.165, 1.54) is 21.1 Å². The van der Waals surface area contributed by atoms with Gasteiger partial charge in [-0.25, -0.2) is 0 Å². The molecule has 0 saturated carbocycles. The molecule has 0 aliphatic carbocycles. The molecule has 112 valence electrons. The molecule has 5 atom stereocenters. The Kier molecular flexibility index (Phi) is 6.67. The number of esters is 1. The molecule has 7 heteroatoms. The van der Waals surface area contributed by atoms with Gasteiger partial charge in [-0.3, -0.25) is 4.79 Å². The number of carbonyl (C=O) groups is 1. The van der Waals surface area contributed by atoms with Crippen LogP contribution in [0.15, 0.2) is 0 Å². The average molecular weight is 278 g/mol. The van der Waals surface area contributed by atoms with Gasteiger partial charge in [0.1, 0.15) is 31.0 Å². The second-order valence-corrected chi connectivity index (χ2v) is 4.18. The van der Waals surface area contributed by atoms with Gasteiger partial charge in [-0.05, 0) is 0 Å². The molecule has 0 unspecified atom stereocenters. The van der Waals surface area contributed by atoms with Gasteiger partial charge in [0.15, 0.2) is 6.29 Å². The molecule has 7 nitrogen and oxygen atoms in total. The van der Waals surface area contributed by atoms with Crippen LogP contribution in [0.25, 0.3) is 0 Å². The molecule has 1 aliphatic rings. The number of ether oxygens (including phenoxy) is 6. The number of carbonyl (C=O) groups excluding carboxylic acids is 1. The summed E-state index contributed by atoms with van der Waals surface area (Å²) in [5.41, 5.74) is 0. The van der Waals surface area contributed by atoms with Crippen molar-refractivity contribution in [3.8, 4) is 0 Å². The molecule has 0 aromatic rings. The molecular weight excluding hydrogens is 256 g/mol. The van der Waals surface area contributed by atoms with E-state index in [4.69, 9.17) is 28.4 Å². The lowest BCUT2D eigenvalue weighted by Crippen LogP contribution is -2.44. The Bertz CT molecular complexity index is 283. The Morgan fingerprint density at radius 3 is 2.16 bits per heavy atom. The van der Waals surface area contributed by atoms with Gasteiger partial charge in [-0.1, -0.05) is 0 Å². The Morgan fingerprint density at radius 2 is 1.74 bits per heavy atom. The number of hydrogen-bond donors (Lipinski definition) is 0. The van der Waals surface area contributed by atoms with E-state index in [0.29, 0.717) is 0 Å². The highest BCUT2D eigenvalue weighted by Crippen LogP contribution is 2.29. The van der Waals surface area contributed by atoms with Crippen molar-refractivity contribution in [2.45, 2.75) is 37.6 Å². The van der Waals surface area contributed by atoms with E-state index in [1.807, 2.05) is 0 Å². The van der Waals surface area contributed by atoms with E-state index in [-0.39, 0.29) is 24.8 Å². The molecule has 0 aromatic heterocycles. The topological polar surface area (TPSA) is 72.5 Å². The Balaban J connectivity index is 2.75. The summed E-state index contributed by atoms with van der Waals surface area (Å²) in [6.07, 6.45) is -2.17. The Morgan fingerprint density at radius 1 is 1.11 bits per heavy atom. The SMILES string of the molecule is CO[C@H]1O[C@@H]([C@@H](COC(C)=O)OC)[C@H](OC)[C@H]1OC. The fraction of sp³-hybridized carbons (Fsp3) is 0.917. The predicted molar refractivity (Wildman–Crippen MR) is 64.7 cm³/mol. The maximum absolute atomic E-state index is 10.9. The lowest BCUT2D eigenvalue weighted by Gasteiger charge is -2.26. The summed E-state index contributed by atoms with van der Waals surface area (Å²) in [4.78, 5) is 10.9. The van der Waals surface area contributed by atoms with Crippen molar-refractivity contribution < 1.29 is 33.2 Å². The molecule has 0 aromatic carbocycles. The minimum atomic E-state index is -0.546. The molecule has 1 rings (SSSR count). The quantitative estimate of drug-likeness (QED) is 0.605. The van der Waals surface area contributed by atoms with Crippen LogP contribution in [0.4, 0.5) is 0 Å². The van der Waals surface area contributed by atoms with E-state index in [0.717, 1.165) is 0 Å². The minimum Gasteiger partial charge on any atom is -0.463 e. The number of rotatable bonds is 7. The smallest absolute Gasteiger partial charge is 0.302 e. The normalized spacial score (nSPS) is 32.3. The van der Waals surface area contributed by atoms with Gasteiger partial charge in [0.05, 0.1) is 0 Å². The van der Waals surface area contributed by atoms with E-state index in [1.54, 1.807) is 14.2 Å². The highest BCUT2D eigenvalue weighted by molar-refractivity contribution is 5.65. The molecule has 1 saturated heterocycles. The largest absolute Gasteiger partial charge is 0.463 e. The van der Waals surface area contributed by atoms with E-state index in [2.05, 4.69) is 0 Å². The van der Waals surface area contributed by atoms with Gasteiger partial charge < -0.3 is 28.4 Å². The molecule has 1 heterocycles. The summed E-state index contributed by atoms with van der Waals surface area (Å²) < 4.78 is 31.9. The summed E-state index contributed by atoms with van der Waals surface area (Å²) >= 11 is 0. The summed E-state index contributed by atoms with van der Waals surface area (Å²) in [7, 11) is 6.16. The highest BCUT2D eigenvalue weighted by Gasteiger charge is 2.49. The molecule has 1 aliphatic heterocycles. The fourth-order valence-electron chi connectivity index (χ4n) is 2.15. The first kappa shape index (κ1) is 16.3. The highest BCUT2D eigenvalue weighted by atomic mass is 16.7. The van der Waals surface area contributed by atoms with Gasteiger partial charge in [0.25, 0.3) is 0 Å². The first-order chi connectivity index (χ1) is 9.08. The molecule has 0 spiro atoms. The summed E-state index contributed by atoms with van der Waals surface area (Å²) in [6, 6.07) is 0. The standard InChI is InChI=1S/C12H22O7/c1-7(13)18-6-8(14-2)9-10(15-3)11(16-4)12(17-5)19-9/h8-12H,6H2,1-5H3/t8-,9+,10+,11-,12+/m1/s1. The second-order valence-electron chi connectivity index (χ2n) is 4.18. The lowest BCUT2D eigenvalue weighted by molar-refractivity contribution is -0.178. The van der Waals surface area contributed by atoms with Crippen molar-refractivity contribution in [1.82, 2.24) is 0 Å². The molecule has 0 bridgehead atoms. The van der Waals surface area contributed by atoms with Crippen molar-refractivity contribution in [1.29, 1.82) is 0 Å². The lowest BCUT2D eigenvalue weighted by atomic mass is 10.1. The summed E-state index contributed by atoms with van der Waals surface area (Å²) in [5, 5.41) is 0. The van der Waals surface area contributed by atoms with Crippen molar-refractivity contribution in [3.63, 3.8) is 0 Å². The minimum absolute atomic E-state index is 0.0865. The first-order valence-electron chi connectivity index (χ1n) is 5.99. The fourth-order valence-corrected chi connectivity index (χ4v) is 2.15. The van der Waals surface area contributed by atoms with Crippen LogP contribution in [0.3, 0.4) is 0 Å². The molecule has 0 radical (unpaired) electrons. The zero-order valence-electron chi connectivity index (χ0n) is 12.0. The average Bonchev–Trinajstić information content (AvgIpc) is 2.76. The van der Waals surface area contributed by atoms with Gasteiger partial charge >= 0.3 is 5.97 Å². The zero-order valence-corrected chi connectivity index (χ0v) is 12.0. The van der Waals surface area contributed by atoms with Gasteiger partial charge in [0.2, 0.25) is 0 Å². The maximum Gasteiger partial charge on any atom is 0.302 e. The van der Waals surface area contributed by atoms with Gasteiger partial charge in [-0.15, -0.1) is 0 Å². The van der Waals surface area contributed by atoms with Crippen LogP contribution in [0.5, 0.6) is 0 Å². The van der Waals surface area contributed by atoms with Gasteiger partial charge in [-0.2, -0.15) is 0 Å². The maximum atomic E-state index is 10.9. The van der Waals surface area contributed by atoms with Crippen LogP contribution >= 0.6 is 0 Å². The van der Waals surface area contributed by atoms with Crippen LogP contribution in [-0.4, -0.2) is 71.7 Å². The Hall–Kier alpha value is -0.730.